The molecule has 2 aliphatic carbocycles. The van der Waals surface area contributed by atoms with E-state index in [1.165, 1.54) is 34.6 Å². The average molecular weight is 355 g/mol. The number of aryl methyl sites for hydroxylation is 2. The summed E-state index contributed by atoms with van der Waals surface area (Å²) in [6.07, 6.45) is 5.53. The van der Waals surface area contributed by atoms with Gasteiger partial charge in [-0.2, -0.15) is 0 Å². The molecule has 1 heterocycles. The van der Waals surface area contributed by atoms with Gasteiger partial charge in [-0.3, -0.25) is 4.79 Å². The van der Waals surface area contributed by atoms with Gasteiger partial charge in [0.25, 0.3) is 5.91 Å². The minimum absolute atomic E-state index is 0.228. The summed E-state index contributed by atoms with van der Waals surface area (Å²) in [6, 6.07) is 11.4. The monoisotopic (exact) mass is 355 g/mol. The number of carbonyl (C=O) groups is 2. The third-order valence-corrected chi connectivity index (χ3v) is 5.90. The third-order valence-electron chi connectivity index (χ3n) is 4.69. The molecule has 2 aliphatic rings. The predicted molar refractivity (Wildman–Crippen MR) is 96.7 cm³/mol. The van der Waals surface area contributed by atoms with E-state index in [0.29, 0.717) is 10.4 Å². The number of hydrogen-bond donors (Lipinski definition) is 1. The van der Waals surface area contributed by atoms with Gasteiger partial charge in [-0.15, -0.1) is 11.3 Å². The van der Waals surface area contributed by atoms with E-state index in [1.807, 2.05) is 36.4 Å². The van der Waals surface area contributed by atoms with Crippen LogP contribution in [0.4, 0.5) is 0 Å². The van der Waals surface area contributed by atoms with Crippen molar-refractivity contribution in [1.29, 1.82) is 0 Å². The van der Waals surface area contributed by atoms with Crippen molar-refractivity contribution in [2.45, 2.75) is 50.7 Å². The van der Waals surface area contributed by atoms with Crippen molar-refractivity contribution < 1.29 is 14.3 Å². The third kappa shape index (κ3) is 3.76. The van der Waals surface area contributed by atoms with Gasteiger partial charge in [0.1, 0.15) is 4.88 Å². The molecule has 1 N–H and O–H groups in total. The maximum atomic E-state index is 12.7. The van der Waals surface area contributed by atoms with Gasteiger partial charge in [0, 0.05) is 16.5 Å². The number of fused-ring (bicyclic) bond motifs is 1. The molecule has 1 aromatic carbocycles. The number of esters is 1. The molecule has 0 bridgehead atoms. The van der Waals surface area contributed by atoms with Crippen LogP contribution < -0.4 is 5.32 Å². The van der Waals surface area contributed by atoms with E-state index in [0.717, 1.165) is 25.7 Å². The highest BCUT2D eigenvalue weighted by molar-refractivity contribution is 7.14. The van der Waals surface area contributed by atoms with Gasteiger partial charge in [0.2, 0.25) is 6.10 Å². The average Bonchev–Trinajstić information content (AvgIpc) is 3.34. The summed E-state index contributed by atoms with van der Waals surface area (Å²) in [5, 5.41) is 2.95. The minimum atomic E-state index is -0.895. The molecule has 1 aromatic heterocycles. The Bertz CT molecular complexity index is 756. The van der Waals surface area contributed by atoms with Crippen LogP contribution >= 0.6 is 11.3 Å². The van der Waals surface area contributed by atoms with Gasteiger partial charge < -0.3 is 10.1 Å². The molecule has 4 nitrogen and oxygen atoms in total. The first-order chi connectivity index (χ1) is 12.2. The van der Waals surface area contributed by atoms with E-state index < -0.39 is 12.1 Å². The summed E-state index contributed by atoms with van der Waals surface area (Å²) < 4.78 is 5.65. The number of carbonyl (C=O) groups excluding carboxylic acids is 2. The molecule has 1 atom stereocenters. The number of amides is 1. The van der Waals surface area contributed by atoms with Crippen LogP contribution in [-0.4, -0.2) is 17.9 Å². The highest BCUT2D eigenvalue weighted by atomic mass is 32.1. The number of hydrogen-bond acceptors (Lipinski definition) is 4. The van der Waals surface area contributed by atoms with Crippen LogP contribution in [0, 0.1) is 0 Å². The Labute approximate surface area is 151 Å². The second kappa shape index (κ2) is 7.00. The zero-order valence-electron chi connectivity index (χ0n) is 14.0. The largest absolute Gasteiger partial charge is 0.443 e. The van der Waals surface area contributed by atoms with Crippen molar-refractivity contribution in [3.8, 4) is 0 Å². The summed E-state index contributed by atoms with van der Waals surface area (Å²) in [7, 11) is 0. The van der Waals surface area contributed by atoms with Gasteiger partial charge in [-0.05, 0) is 50.2 Å². The number of rotatable bonds is 5. The Morgan fingerprint density at radius 2 is 1.88 bits per heavy atom. The zero-order chi connectivity index (χ0) is 17.2. The fourth-order valence-corrected chi connectivity index (χ4v) is 4.30. The molecule has 0 spiro atoms. The molecule has 0 aliphatic heterocycles. The van der Waals surface area contributed by atoms with E-state index in [1.54, 1.807) is 0 Å². The summed E-state index contributed by atoms with van der Waals surface area (Å²) in [5.41, 5.74) is 1.97. The zero-order valence-corrected chi connectivity index (χ0v) is 14.8. The van der Waals surface area contributed by atoms with Crippen LogP contribution in [0.15, 0.2) is 36.4 Å². The Morgan fingerprint density at radius 3 is 2.60 bits per heavy atom. The van der Waals surface area contributed by atoms with Crippen LogP contribution in [0.3, 0.4) is 0 Å². The highest BCUT2D eigenvalue weighted by Crippen LogP contribution is 2.31. The maximum absolute atomic E-state index is 12.7. The molecule has 0 unspecified atom stereocenters. The van der Waals surface area contributed by atoms with Crippen LogP contribution in [-0.2, 0) is 22.4 Å². The molecule has 4 rings (SSSR count). The highest BCUT2D eigenvalue weighted by Gasteiger charge is 2.31. The van der Waals surface area contributed by atoms with Gasteiger partial charge in [0.05, 0.1) is 0 Å². The van der Waals surface area contributed by atoms with Crippen LogP contribution in [0.2, 0.25) is 0 Å². The molecule has 0 radical (unpaired) electrons. The summed E-state index contributed by atoms with van der Waals surface area (Å²) >= 11 is 1.51. The maximum Gasteiger partial charge on any atom is 0.349 e. The molecule has 5 heteroatoms. The first kappa shape index (κ1) is 16.3. The molecular weight excluding hydrogens is 334 g/mol. The second-order valence-electron chi connectivity index (χ2n) is 6.75. The first-order valence-corrected chi connectivity index (χ1v) is 9.70. The summed E-state index contributed by atoms with van der Waals surface area (Å²) in [6.45, 7) is 0. The molecule has 1 fully saturated rings. The molecular formula is C20H21NO3S. The topological polar surface area (TPSA) is 55.4 Å². The lowest BCUT2D eigenvalue weighted by atomic mass is 9.99. The Balaban J connectivity index is 1.53. The van der Waals surface area contributed by atoms with Crippen LogP contribution in [0.1, 0.15) is 57.5 Å². The predicted octanol–water partition coefficient (Wildman–Crippen LogP) is 3.80. The Hall–Kier alpha value is -2.14. The van der Waals surface area contributed by atoms with E-state index in [2.05, 4.69) is 5.32 Å². The fourth-order valence-electron chi connectivity index (χ4n) is 3.16. The fraction of sp³-hybridized carbons (Fsp3) is 0.400. The first-order valence-electron chi connectivity index (χ1n) is 8.88. The number of thiophene rings is 1. The molecule has 25 heavy (non-hydrogen) atoms. The Kier molecular flexibility index (Phi) is 4.57. The van der Waals surface area contributed by atoms with E-state index >= 15 is 0 Å². The van der Waals surface area contributed by atoms with Crippen molar-refractivity contribution in [1.82, 2.24) is 5.32 Å². The summed E-state index contributed by atoms with van der Waals surface area (Å²) in [5.74, 6) is -0.637. The lowest BCUT2D eigenvalue weighted by Gasteiger charge is -2.17. The van der Waals surface area contributed by atoms with Crippen molar-refractivity contribution in [3.05, 3.63) is 57.3 Å². The Morgan fingerprint density at radius 1 is 1.12 bits per heavy atom. The van der Waals surface area contributed by atoms with Crippen molar-refractivity contribution in [2.75, 3.05) is 0 Å². The molecule has 1 saturated carbocycles. The van der Waals surface area contributed by atoms with Crippen LogP contribution in [0.25, 0.3) is 0 Å². The molecule has 130 valence electrons. The number of ether oxygens (including phenoxy) is 1. The van der Waals surface area contributed by atoms with Gasteiger partial charge >= 0.3 is 5.97 Å². The molecule has 0 saturated heterocycles. The van der Waals surface area contributed by atoms with E-state index in [9.17, 15) is 9.59 Å². The standard InChI is InChI=1S/C20H21NO3S/c22-19(21-15-10-11-15)18(13-6-2-1-3-7-13)24-20(23)17-12-14-8-4-5-9-16(14)25-17/h1-3,6-7,12,15,18H,4-5,8-11H2,(H,21,22)/t18-/m0/s1. The van der Waals surface area contributed by atoms with Crippen molar-refractivity contribution >= 4 is 23.2 Å². The second-order valence-corrected chi connectivity index (χ2v) is 7.88. The minimum Gasteiger partial charge on any atom is -0.443 e. The lowest BCUT2D eigenvalue weighted by Crippen LogP contribution is -2.33. The van der Waals surface area contributed by atoms with E-state index in [4.69, 9.17) is 4.74 Å². The quantitative estimate of drug-likeness (QED) is 0.830. The van der Waals surface area contributed by atoms with Crippen molar-refractivity contribution in [2.24, 2.45) is 0 Å². The smallest absolute Gasteiger partial charge is 0.349 e. The lowest BCUT2D eigenvalue weighted by molar-refractivity contribution is -0.130. The van der Waals surface area contributed by atoms with Gasteiger partial charge in [-0.25, -0.2) is 4.79 Å². The van der Waals surface area contributed by atoms with Gasteiger partial charge in [0.15, 0.2) is 0 Å². The molecule has 1 amide bonds. The number of benzene rings is 1. The summed E-state index contributed by atoms with van der Waals surface area (Å²) in [4.78, 5) is 27.1. The number of nitrogens with one attached hydrogen (secondary N) is 1. The van der Waals surface area contributed by atoms with Crippen molar-refractivity contribution in [3.63, 3.8) is 0 Å². The SMILES string of the molecule is O=C(O[C@H](C(=O)NC1CC1)c1ccccc1)c1cc2c(s1)CCCC2. The van der Waals surface area contributed by atoms with E-state index in [-0.39, 0.29) is 11.9 Å². The van der Waals surface area contributed by atoms with Gasteiger partial charge in [-0.1, -0.05) is 30.3 Å². The van der Waals surface area contributed by atoms with Crippen LogP contribution in [0.5, 0.6) is 0 Å². The normalized spacial score (nSPS) is 17.4. The molecule has 2 aromatic rings.